The first-order chi connectivity index (χ1) is 10.1. The summed E-state index contributed by atoms with van der Waals surface area (Å²) in [5.41, 5.74) is 3.59. The predicted molar refractivity (Wildman–Crippen MR) is 85.5 cm³/mol. The molecule has 3 heteroatoms. The fourth-order valence-corrected chi connectivity index (χ4v) is 2.17. The molecule has 0 saturated heterocycles. The lowest BCUT2D eigenvalue weighted by molar-refractivity contribution is 0.266. The van der Waals surface area contributed by atoms with Crippen LogP contribution in [-0.4, -0.2) is 6.54 Å². The smallest absolute Gasteiger partial charge is 0.146 e. The first-order valence-corrected chi connectivity index (χ1v) is 7.53. The van der Waals surface area contributed by atoms with E-state index >= 15 is 0 Å². The molecule has 1 N–H and O–H groups in total. The van der Waals surface area contributed by atoms with Crippen molar-refractivity contribution in [1.82, 2.24) is 5.32 Å². The predicted octanol–water partition coefficient (Wildman–Crippen LogP) is 4.22. The largest absolute Gasteiger partial charge is 0.485 e. The minimum absolute atomic E-state index is 0.468. The van der Waals surface area contributed by atoms with E-state index in [0.29, 0.717) is 12.5 Å². The van der Waals surface area contributed by atoms with E-state index in [9.17, 15) is 0 Å². The van der Waals surface area contributed by atoms with Crippen molar-refractivity contribution in [1.29, 1.82) is 0 Å². The van der Waals surface area contributed by atoms with Gasteiger partial charge in [-0.3, -0.25) is 0 Å². The van der Waals surface area contributed by atoms with Gasteiger partial charge in [-0.2, -0.15) is 0 Å². The molecule has 1 heterocycles. The van der Waals surface area contributed by atoms with Gasteiger partial charge in [0, 0.05) is 12.1 Å². The molecule has 2 rings (SSSR count). The lowest BCUT2D eigenvalue weighted by atomic mass is 10.1. The highest BCUT2D eigenvalue weighted by atomic mass is 16.5. The summed E-state index contributed by atoms with van der Waals surface area (Å²) in [6.07, 6.45) is 1.73. The van der Waals surface area contributed by atoms with Gasteiger partial charge in [-0.15, -0.1) is 0 Å². The third-order valence-electron chi connectivity index (χ3n) is 3.62. The Hall–Kier alpha value is -1.74. The third-order valence-corrected chi connectivity index (χ3v) is 3.62. The summed E-state index contributed by atoms with van der Waals surface area (Å²) in [5, 5.41) is 3.43. The summed E-state index contributed by atoms with van der Waals surface area (Å²) in [6.45, 7) is 10.9. The van der Waals surface area contributed by atoms with E-state index in [1.54, 1.807) is 6.26 Å². The van der Waals surface area contributed by atoms with Crippen molar-refractivity contribution in [2.75, 3.05) is 6.54 Å². The molecular weight excluding hydrogens is 262 g/mol. The maximum atomic E-state index is 5.91. The Bertz CT molecular complexity index is 572. The van der Waals surface area contributed by atoms with E-state index in [-0.39, 0.29) is 0 Å². The van der Waals surface area contributed by atoms with Gasteiger partial charge < -0.3 is 14.5 Å². The van der Waals surface area contributed by atoms with E-state index < -0.39 is 0 Å². The topological polar surface area (TPSA) is 34.4 Å². The number of hydrogen-bond donors (Lipinski definition) is 1. The molecule has 1 aromatic carbocycles. The molecule has 0 spiro atoms. The Kier molecular flexibility index (Phi) is 5.45. The van der Waals surface area contributed by atoms with Crippen molar-refractivity contribution in [2.24, 2.45) is 5.92 Å². The summed E-state index contributed by atoms with van der Waals surface area (Å²) < 4.78 is 11.5. The van der Waals surface area contributed by atoms with Crippen molar-refractivity contribution < 1.29 is 9.15 Å². The fourth-order valence-electron chi connectivity index (χ4n) is 2.17. The standard InChI is InChI=1S/C18H25NO2/c1-13(2)10-19-11-16-8-9-20-18(16)12-21-17-7-5-6-14(3)15(17)4/h5-9,13,19H,10-12H2,1-4H3. The zero-order valence-electron chi connectivity index (χ0n) is 13.4. The van der Waals surface area contributed by atoms with Crippen molar-refractivity contribution in [3.63, 3.8) is 0 Å². The van der Waals surface area contributed by atoms with Gasteiger partial charge >= 0.3 is 0 Å². The second-order valence-electron chi connectivity index (χ2n) is 5.88. The number of furan rings is 1. The van der Waals surface area contributed by atoms with Gasteiger partial charge in [0.05, 0.1) is 6.26 Å². The van der Waals surface area contributed by atoms with Crippen LogP contribution in [0.3, 0.4) is 0 Å². The lowest BCUT2D eigenvalue weighted by Crippen LogP contribution is -2.19. The van der Waals surface area contributed by atoms with Crippen LogP contribution in [0.5, 0.6) is 5.75 Å². The lowest BCUT2D eigenvalue weighted by Gasteiger charge is -2.11. The summed E-state index contributed by atoms with van der Waals surface area (Å²) >= 11 is 0. The van der Waals surface area contributed by atoms with Crippen LogP contribution in [0.4, 0.5) is 0 Å². The average Bonchev–Trinajstić information content (AvgIpc) is 2.88. The minimum Gasteiger partial charge on any atom is -0.485 e. The number of hydrogen-bond acceptors (Lipinski definition) is 3. The summed E-state index contributed by atoms with van der Waals surface area (Å²) in [6, 6.07) is 8.12. The highest BCUT2D eigenvalue weighted by Crippen LogP contribution is 2.22. The van der Waals surface area contributed by atoms with E-state index in [2.05, 4.69) is 39.1 Å². The molecule has 0 aliphatic heterocycles. The van der Waals surface area contributed by atoms with Crippen LogP contribution in [0, 0.1) is 19.8 Å². The molecule has 114 valence electrons. The van der Waals surface area contributed by atoms with Gasteiger partial charge in [0.1, 0.15) is 18.1 Å². The molecule has 0 atom stereocenters. The second-order valence-corrected chi connectivity index (χ2v) is 5.88. The van der Waals surface area contributed by atoms with Crippen LogP contribution in [-0.2, 0) is 13.2 Å². The van der Waals surface area contributed by atoms with Gasteiger partial charge in [-0.1, -0.05) is 26.0 Å². The van der Waals surface area contributed by atoms with Gasteiger partial charge in [0.15, 0.2) is 0 Å². The fraction of sp³-hybridized carbons (Fsp3) is 0.444. The molecule has 0 aliphatic rings. The van der Waals surface area contributed by atoms with Crippen molar-refractivity contribution in [3.8, 4) is 5.75 Å². The number of ether oxygens (including phenoxy) is 1. The van der Waals surface area contributed by atoms with Crippen LogP contribution >= 0.6 is 0 Å². The van der Waals surface area contributed by atoms with E-state index in [0.717, 1.165) is 24.6 Å². The Morgan fingerprint density at radius 3 is 2.76 bits per heavy atom. The number of rotatable bonds is 7. The van der Waals surface area contributed by atoms with Crippen LogP contribution in [0.1, 0.15) is 36.3 Å². The molecule has 0 aliphatic carbocycles. The number of nitrogens with one attached hydrogen (secondary N) is 1. The van der Waals surface area contributed by atoms with Gasteiger partial charge in [0.25, 0.3) is 0 Å². The third kappa shape index (κ3) is 4.36. The van der Waals surface area contributed by atoms with Gasteiger partial charge in [-0.05, 0) is 49.6 Å². The zero-order chi connectivity index (χ0) is 15.2. The maximum Gasteiger partial charge on any atom is 0.146 e. The molecule has 3 nitrogen and oxygen atoms in total. The van der Waals surface area contributed by atoms with E-state index in [1.165, 1.54) is 16.7 Å². The minimum atomic E-state index is 0.468. The normalized spacial score (nSPS) is 11.1. The van der Waals surface area contributed by atoms with Crippen LogP contribution < -0.4 is 10.1 Å². The van der Waals surface area contributed by atoms with E-state index in [4.69, 9.17) is 9.15 Å². The number of benzene rings is 1. The first kappa shape index (κ1) is 15.6. The molecule has 0 saturated carbocycles. The van der Waals surface area contributed by atoms with Crippen LogP contribution in [0.15, 0.2) is 34.9 Å². The maximum absolute atomic E-state index is 5.91. The Morgan fingerprint density at radius 2 is 2.00 bits per heavy atom. The van der Waals surface area contributed by atoms with Gasteiger partial charge in [0.2, 0.25) is 0 Å². The SMILES string of the molecule is Cc1cccc(OCc2occc2CNCC(C)C)c1C. The van der Waals surface area contributed by atoms with Crippen LogP contribution in [0.2, 0.25) is 0 Å². The van der Waals surface area contributed by atoms with Crippen molar-refractivity contribution >= 4 is 0 Å². The highest BCUT2D eigenvalue weighted by molar-refractivity contribution is 5.38. The molecule has 21 heavy (non-hydrogen) atoms. The Labute approximate surface area is 127 Å². The quantitative estimate of drug-likeness (QED) is 0.828. The molecular formula is C18H25NO2. The average molecular weight is 287 g/mol. The summed E-state index contributed by atoms with van der Waals surface area (Å²) in [4.78, 5) is 0. The first-order valence-electron chi connectivity index (χ1n) is 7.53. The molecule has 0 fully saturated rings. The zero-order valence-corrected chi connectivity index (χ0v) is 13.4. The van der Waals surface area contributed by atoms with Crippen molar-refractivity contribution in [2.45, 2.75) is 40.8 Å². The number of aryl methyl sites for hydroxylation is 1. The Balaban J connectivity index is 1.94. The van der Waals surface area contributed by atoms with E-state index in [1.807, 2.05) is 18.2 Å². The summed E-state index contributed by atoms with van der Waals surface area (Å²) in [7, 11) is 0. The molecule has 2 aromatic rings. The molecule has 0 unspecified atom stereocenters. The van der Waals surface area contributed by atoms with Crippen molar-refractivity contribution in [3.05, 3.63) is 53.0 Å². The molecule has 0 amide bonds. The second kappa shape index (κ2) is 7.32. The molecule has 0 radical (unpaired) electrons. The monoisotopic (exact) mass is 287 g/mol. The van der Waals surface area contributed by atoms with Crippen LogP contribution in [0.25, 0.3) is 0 Å². The summed E-state index contributed by atoms with van der Waals surface area (Å²) in [5.74, 6) is 2.46. The van der Waals surface area contributed by atoms with Gasteiger partial charge in [-0.25, -0.2) is 0 Å². The highest BCUT2D eigenvalue weighted by Gasteiger charge is 2.09. The Morgan fingerprint density at radius 1 is 1.19 bits per heavy atom. The molecule has 0 bridgehead atoms. The molecule has 1 aromatic heterocycles.